The van der Waals surface area contributed by atoms with E-state index in [2.05, 4.69) is 206 Å². The summed E-state index contributed by atoms with van der Waals surface area (Å²) in [6.07, 6.45) is 0. The molecule has 0 bridgehead atoms. The normalized spacial score (nSPS) is 11.9. The van der Waals surface area contributed by atoms with E-state index >= 15 is 0 Å². The molecule has 3 aromatic heterocycles. The third-order valence-electron chi connectivity index (χ3n) is 11.9. The van der Waals surface area contributed by atoms with Crippen LogP contribution in [0.1, 0.15) is 26.3 Å². The Kier molecular flexibility index (Phi) is 8.35. The molecule has 0 N–H and O–H groups in total. The predicted octanol–water partition coefficient (Wildman–Crippen LogP) is 14.6. The number of benzene rings is 8. The van der Waals surface area contributed by atoms with Gasteiger partial charge in [0.25, 0.3) is 0 Å². The Morgan fingerprint density at radius 2 is 0.900 bits per heavy atom. The minimum atomic E-state index is 0.0200. The van der Waals surface area contributed by atoms with E-state index in [0.717, 1.165) is 50.6 Å². The molecule has 0 aliphatic heterocycles. The number of hydrogen-bond donors (Lipinski definition) is 0. The molecule has 0 amide bonds. The lowest BCUT2D eigenvalue weighted by Crippen LogP contribution is -2.10. The summed E-state index contributed by atoms with van der Waals surface area (Å²) in [4.78, 5) is 10.4. The quantitative estimate of drug-likeness (QED) is 0.169. The number of hydrogen-bond acceptors (Lipinski definition) is 2. The van der Waals surface area contributed by atoms with Crippen molar-refractivity contribution in [2.75, 3.05) is 0 Å². The van der Waals surface area contributed by atoms with E-state index in [4.69, 9.17) is 9.97 Å². The van der Waals surface area contributed by atoms with Gasteiger partial charge in [-0.15, -0.1) is 0 Å². The minimum Gasteiger partial charge on any atom is -0.309 e. The van der Waals surface area contributed by atoms with Crippen molar-refractivity contribution in [3.63, 3.8) is 0 Å². The third-order valence-corrected chi connectivity index (χ3v) is 11.9. The maximum Gasteiger partial charge on any atom is 0.160 e. The maximum atomic E-state index is 5.26. The molecule has 0 saturated carbocycles. The van der Waals surface area contributed by atoms with Crippen LogP contribution in [-0.4, -0.2) is 19.1 Å². The summed E-state index contributed by atoms with van der Waals surface area (Å²) in [6.45, 7) is 6.86. The van der Waals surface area contributed by atoms with Gasteiger partial charge < -0.3 is 9.13 Å². The van der Waals surface area contributed by atoms with Gasteiger partial charge in [0.15, 0.2) is 5.82 Å². The zero-order chi connectivity index (χ0) is 40.4. The van der Waals surface area contributed by atoms with Crippen LogP contribution in [0.15, 0.2) is 200 Å². The van der Waals surface area contributed by atoms with Crippen molar-refractivity contribution >= 4 is 43.6 Å². The molecule has 0 aliphatic rings. The first-order chi connectivity index (χ1) is 29.4. The highest BCUT2D eigenvalue weighted by atomic mass is 15.0. The topological polar surface area (TPSA) is 35.6 Å². The molecule has 0 radical (unpaired) electrons. The number of fused-ring (bicyclic) bond motifs is 6. The van der Waals surface area contributed by atoms with Crippen molar-refractivity contribution in [3.05, 3.63) is 206 Å². The molecule has 11 aromatic rings. The van der Waals surface area contributed by atoms with E-state index in [-0.39, 0.29) is 5.41 Å². The monoisotopic (exact) mass is 770 g/mol. The first kappa shape index (κ1) is 35.6. The number of aromatic nitrogens is 4. The molecule has 0 unspecified atom stereocenters. The van der Waals surface area contributed by atoms with Crippen molar-refractivity contribution < 1.29 is 0 Å². The fourth-order valence-electron chi connectivity index (χ4n) is 8.90. The standard InChI is InChI=1S/C56H42N4/c1-56(2,3)41-30-32-54-47(35-41)45-25-12-15-28-52(45)60(54)53-31-29-40(49-36-48(37-17-6-4-7-18-37)57-55(58-49)38-19-8-5-9-20-38)34-46(53)39-21-16-22-42(33-39)59-50-26-13-10-23-43(50)44-24-11-14-27-51(44)59/h4-36H,1-3H3. The Morgan fingerprint density at radius 1 is 0.367 bits per heavy atom. The molecule has 11 rings (SSSR count). The summed E-state index contributed by atoms with van der Waals surface area (Å²) in [6, 6.07) is 71.9. The smallest absolute Gasteiger partial charge is 0.160 e. The number of nitrogens with zero attached hydrogens (tertiary/aromatic N) is 4. The van der Waals surface area contributed by atoms with E-state index in [0.29, 0.717) is 5.82 Å². The van der Waals surface area contributed by atoms with Gasteiger partial charge in [-0.2, -0.15) is 0 Å². The van der Waals surface area contributed by atoms with Crippen molar-refractivity contribution in [2.45, 2.75) is 26.2 Å². The molecule has 8 aromatic carbocycles. The van der Waals surface area contributed by atoms with Crippen LogP contribution in [0.4, 0.5) is 0 Å². The lowest BCUT2D eigenvalue weighted by atomic mass is 9.86. The lowest BCUT2D eigenvalue weighted by Gasteiger charge is -2.20. The Morgan fingerprint density at radius 3 is 1.55 bits per heavy atom. The molecule has 286 valence electrons. The molecule has 0 spiro atoms. The van der Waals surface area contributed by atoms with E-state index in [1.54, 1.807) is 0 Å². The zero-order valence-corrected chi connectivity index (χ0v) is 33.8. The van der Waals surface area contributed by atoms with Gasteiger partial charge in [0.2, 0.25) is 0 Å². The van der Waals surface area contributed by atoms with Crippen LogP contribution in [0.5, 0.6) is 0 Å². The van der Waals surface area contributed by atoms with Crippen molar-refractivity contribution in [2.24, 2.45) is 0 Å². The lowest BCUT2D eigenvalue weighted by molar-refractivity contribution is 0.591. The Bertz CT molecular complexity index is 3290. The van der Waals surface area contributed by atoms with Gasteiger partial charge in [-0.1, -0.05) is 160 Å². The molecule has 0 aliphatic carbocycles. The minimum absolute atomic E-state index is 0.0200. The molecular formula is C56H42N4. The van der Waals surface area contributed by atoms with E-state index < -0.39 is 0 Å². The van der Waals surface area contributed by atoms with Gasteiger partial charge in [-0.3, -0.25) is 0 Å². The van der Waals surface area contributed by atoms with Crippen LogP contribution in [0.25, 0.3) is 100 Å². The Labute approximate surface area is 349 Å². The van der Waals surface area contributed by atoms with Gasteiger partial charge in [0.1, 0.15) is 0 Å². The van der Waals surface area contributed by atoms with E-state index in [9.17, 15) is 0 Å². The first-order valence-electron chi connectivity index (χ1n) is 20.7. The highest BCUT2D eigenvalue weighted by molar-refractivity contribution is 6.11. The van der Waals surface area contributed by atoms with Gasteiger partial charge in [-0.05, 0) is 77.2 Å². The highest BCUT2D eigenvalue weighted by Crippen LogP contribution is 2.41. The Balaban J connectivity index is 1.18. The van der Waals surface area contributed by atoms with Crippen LogP contribution in [0, 0.1) is 0 Å². The van der Waals surface area contributed by atoms with Gasteiger partial charge in [-0.25, -0.2) is 9.97 Å². The van der Waals surface area contributed by atoms with Crippen LogP contribution in [0.2, 0.25) is 0 Å². The van der Waals surface area contributed by atoms with Gasteiger partial charge >= 0.3 is 0 Å². The zero-order valence-electron chi connectivity index (χ0n) is 33.8. The van der Waals surface area contributed by atoms with Crippen molar-refractivity contribution in [1.82, 2.24) is 19.1 Å². The van der Waals surface area contributed by atoms with E-state index in [1.165, 1.54) is 49.2 Å². The third kappa shape index (κ3) is 5.99. The largest absolute Gasteiger partial charge is 0.309 e. The van der Waals surface area contributed by atoms with Crippen molar-refractivity contribution in [1.29, 1.82) is 0 Å². The predicted molar refractivity (Wildman–Crippen MR) is 251 cm³/mol. The second kappa shape index (κ2) is 14.1. The maximum absolute atomic E-state index is 5.26. The van der Waals surface area contributed by atoms with E-state index in [1.807, 2.05) is 24.3 Å². The van der Waals surface area contributed by atoms with Crippen molar-refractivity contribution in [3.8, 4) is 56.4 Å². The molecule has 0 saturated heterocycles. The fourth-order valence-corrected chi connectivity index (χ4v) is 8.90. The molecule has 4 heteroatoms. The van der Waals surface area contributed by atoms with Crippen LogP contribution < -0.4 is 0 Å². The molecular weight excluding hydrogens is 729 g/mol. The molecule has 4 nitrogen and oxygen atoms in total. The molecule has 0 fully saturated rings. The average molecular weight is 771 g/mol. The Hall–Kier alpha value is -7.56. The van der Waals surface area contributed by atoms with Crippen LogP contribution in [0.3, 0.4) is 0 Å². The number of rotatable bonds is 6. The van der Waals surface area contributed by atoms with Gasteiger partial charge in [0.05, 0.1) is 39.1 Å². The highest BCUT2D eigenvalue weighted by Gasteiger charge is 2.21. The molecule has 60 heavy (non-hydrogen) atoms. The summed E-state index contributed by atoms with van der Waals surface area (Å²) >= 11 is 0. The summed E-state index contributed by atoms with van der Waals surface area (Å²) in [7, 11) is 0. The summed E-state index contributed by atoms with van der Waals surface area (Å²) < 4.78 is 4.85. The first-order valence-corrected chi connectivity index (χ1v) is 20.7. The molecule has 3 heterocycles. The second-order valence-electron chi connectivity index (χ2n) is 16.7. The van der Waals surface area contributed by atoms with Crippen LogP contribution >= 0.6 is 0 Å². The fraction of sp³-hybridized carbons (Fsp3) is 0.0714. The van der Waals surface area contributed by atoms with Crippen LogP contribution in [-0.2, 0) is 5.41 Å². The summed E-state index contributed by atoms with van der Waals surface area (Å²) in [5, 5.41) is 4.98. The SMILES string of the molecule is CC(C)(C)c1ccc2c(c1)c1ccccc1n2-c1ccc(-c2cc(-c3ccccc3)nc(-c3ccccc3)n2)cc1-c1cccc(-n2c3ccccc3c3ccccc32)c1. The van der Waals surface area contributed by atoms with Gasteiger partial charge in [0, 0.05) is 49.5 Å². The summed E-state index contributed by atoms with van der Waals surface area (Å²) in [5.41, 5.74) is 15.3. The molecule has 0 atom stereocenters. The average Bonchev–Trinajstić information content (AvgIpc) is 3.82. The summed E-state index contributed by atoms with van der Waals surface area (Å²) in [5.74, 6) is 0.697. The second-order valence-corrected chi connectivity index (χ2v) is 16.7. The number of para-hydroxylation sites is 3.